The summed E-state index contributed by atoms with van der Waals surface area (Å²) in [5, 5.41) is 5.66. The summed E-state index contributed by atoms with van der Waals surface area (Å²) in [5.41, 5.74) is -0.745. The molecule has 164 valence electrons. The predicted molar refractivity (Wildman–Crippen MR) is 111 cm³/mol. The van der Waals surface area contributed by atoms with E-state index in [1.165, 1.54) is 33.5 Å². The highest BCUT2D eigenvalue weighted by molar-refractivity contribution is 6.10. The van der Waals surface area contributed by atoms with Crippen LogP contribution in [0.4, 0.5) is 4.79 Å². The fraction of sp³-hybridized carbons (Fsp3) is 0.591. The van der Waals surface area contributed by atoms with E-state index < -0.39 is 23.5 Å². The number of nitrogens with one attached hydrogen (secondary N) is 2. The molecule has 1 aromatic rings. The Morgan fingerprint density at radius 2 is 1.87 bits per heavy atom. The number of rotatable bonds is 7. The van der Waals surface area contributed by atoms with Crippen LogP contribution in [-0.4, -0.2) is 49.6 Å². The third-order valence-electron chi connectivity index (χ3n) is 6.24. The largest absolute Gasteiger partial charge is 0.493 e. The van der Waals surface area contributed by atoms with E-state index in [2.05, 4.69) is 10.6 Å². The summed E-state index contributed by atoms with van der Waals surface area (Å²) in [6.45, 7) is 3.79. The Labute approximate surface area is 177 Å². The monoisotopic (exact) mass is 417 g/mol. The maximum absolute atomic E-state index is 13.2. The minimum atomic E-state index is -1.30. The van der Waals surface area contributed by atoms with Gasteiger partial charge < -0.3 is 20.1 Å². The van der Waals surface area contributed by atoms with Crippen LogP contribution >= 0.6 is 0 Å². The fourth-order valence-electron chi connectivity index (χ4n) is 4.26. The van der Waals surface area contributed by atoms with Crippen LogP contribution in [0.1, 0.15) is 51.5 Å². The van der Waals surface area contributed by atoms with Gasteiger partial charge in [-0.25, -0.2) is 9.69 Å². The van der Waals surface area contributed by atoms with Crippen molar-refractivity contribution >= 4 is 17.8 Å². The second-order valence-corrected chi connectivity index (χ2v) is 8.23. The van der Waals surface area contributed by atoms with Crippen LogP contribution in [-0.2, 0) is 15.1 Å². The van der Waals surface area contributed by atoms with E-state index >= 15 is 0 Å². The van der Waals surface area contributed by atoms with Crippen molar-refractivity contribution in [2.45, 2.75) is 57.5 Å². The maximum Gasteiger partial charge on any atom is 0.326 e. The zero-order valence-electron chi connectivity index (χ0n) is 18.1. The van der Waals surface area contributed by atoms with Gasteiger partial charge in [-0.3, -0.25) is 9.59 Å². The average molecular weight is 418 g/mol. The number of benzene rings is 1. The van der Waals surface area contributed by atoms with Crippen molar-refractivity contribution < 1.29 is 23.9 Å². The molecule has 2 aliphatic rings. The normalized spacial score (nSPS) is 23.1. The lowest BCUT2D eigenvalue weighted by molar-refractivity contribution is -0.137. The van der Waals surface area contributed by atoms with Crippen LogP contribution in [0.2, 0.25) is 0 Å². The van der Waals surface area contributed by atoms with E-state index in [1.54, 1.807) is 32.0 Å². The number of carbonyl (C=O) groups is 3. The highest BCUT2D eigenvalue weighted by Crippen LogP contribution is 2.36. The molecule has 1 saturated heterocycles. The maximum atomic E-state index is 13.2. The Morgan fingerprint density at radius 3 is 2.50 bits per heavy atom. The number of urea groups is 1. The lowest BCUT2D eigenvalue weighted by Crippen LogP contribution is -2.50. The van der Waals surface area contributed by atoms with Gasteiger partial charge in [0.15, 0.2) is 11.5 Å². The van der Waals surface area contributed by atoms with E-state index in [4.69, 9.17) is 9.47 Å². The van der Waals surface area contributed by atoms with Gasteiger partial charge in [-0.15, -0.1) is 0 Å². The molecule has 1 saturated carbocycles. The second kappa shape index (κ2) is 8.93. The van der Waals surface area contributed by atoms with Crippen LogP contribution in [0.3, 0.4) is 0 Å². The smallest absolute Gasteiger partial charge is 0.326 e. The molecule has 1 heterocycles. The van der Waals surface area contributed by atoms with Gasteiger partial charge in [0, 0.05) is 6.54 Å². The first-order chi connectivity index (χ1) is 14.3. The molecular formula is C22H31N3O5. The van der Waals surface area contributed by atoms with E-state index in [0.29, 0.717) is 29.5 Å². The quantitative estimate of drug-likeness (QED) is 0.665. The summed E-state index contributed by atoms with van der Waals surface area (Å²) >= 11 is 0. The number of carbonyl (C=O) groups excluding carboxylic acids is 3. The van der Waals surface area contributed by atoms with Gasteiger partial charge in [0.25, 0.3) is 5.91 Å². The summed E-state index contributed by atoms with van der Waals surface area (Å²) in [7, 11) is 3.03. The molecule has 0 unspecified atom stereocenters. The Balaban J connectivity index is 1.73. The van der Waals surface area contributed by atoms with Crippen LogP contribution in [0, 0.1) is 5.92 Å². The number of nitrogens with zero attached hydrogens (tertiary/aromatic N) is 1. The summed E-state index contributed by atoms with van der Waals surface area (Å²) < 4.78 is 10.6. The van der Waals surface area contributed by atoms with E-state index in [0.717, 1.165) is 17.7 Å². The molecule has 8 nitrogen and oxygen atoms in total. The molecule has 8 heteroatoms. The molecule has 0 radical (unpaired) electrons. The van der Waals surface area contributed by atoms with Crippen LogP contribution in [0.25, 0.3) is 0 Å². The summed E-state index contributed by atoms with van der Waals surface area (Å²) in [4.78, 5) is 39.6. The molecular weight excluding hydrogens is 386 g/mol. The summed E-state index contributed by atoms with van der Waals surface area (Å²) in [6, 6.07) is 3.56. The van der Waals surface area contributed by atoms with Crippen molar-refractivity contribution in [2.24, 2.45) is 5.92 Å². The fourth-order valence-corrected chi connectivity index (χ4v) is 4.26. The van der Waals surface area contributed by atoms with Gasteiger partial charge in [0.05, 0.1) is 14.2 Å². The Hall–Kier alpha value is -2.77. The van der Waals surface area contributed by atoms with Crippen molar-refractivity contribution in [2.75, 3.05) is 20.8 Å². The van der Waals surface area contributed by atoms with E-state index in [1.807, 2.05) is 0 Å². The van der Waals surface area contributed by atoms with Crippen LogP contribution < -0.4 is 20.1 Å². The van der Waals surface area contributed by atoms with Gasteiger partial charge in [-0.2, -0.15) is 0 Å². The topological polar surface area (TPSA) is 97.0 Å². The molecule has 2 N–H and O–H groups in total. The summed E-state index contributed by atoms with van der Waals surface area (Å²) in [5.74, 6) is 0.652. The molecule has 0 spiro atoms. The van der Waals surface area contributed by atoms with Gasteiger partial charge in [-0.05, 0) is 50.3 Å². The molecule has 4 amide bonds. The van der Waals surface area contributed by atoms with Crippen molar-refractivity contribution in [3.8, 4) is 11.5 Å². The summed E-state index contributed by atoms with van der Waals surface area (Å²) in [6.07, 6.45) is 5.84. The molecule has 0 aromatic heterocycles. The third kappa shape index (κ3) is 4.08. The number of imide groups is 1. The van der Waals surface area contributed by atoms with Crippen LogP contribution in [0.15, 0.2) is 18.2 Å². The molecule has 1 aromatic carbocycles. The number of hydrogen-bond acceptors (Lipinski definition) is 5. The highest BCUT2D eigenvalue weighted by atomic mass is 16.5. The van der Waals surface area contributed by atoms with Crippen molar-refractivity contribution in [3.63, 3.8) is 0 Å². The Kier molecular flexibility index (Phi) is 6.53. The average Bonchev–Trinajstić information content (AvgIpc) is 3.00. The van der Waals surface area contributed by atoms with E-state index in [9.17, 15) is 14.4 Å². The lowest BCUT2D eigenvalue weighted by Gasteiger charge is -2.26. The number of hydrogen-bond donors (Lipinski definition) is 2. The molecule has 0 bridgehead atoms. The Bertz CT molecular complexity index is 821. The highest BCUT2D eigenvalue weighted by Gasteiger charge is 2.52. The SMILES string of the molecule is COc1ccc([C@@]2(C)NC(=O)N([C@@H](C)C(=O)NCC3CCCCC3)C2=O)cc1OC. The number of amides is 4. The molecule has 1 aliphatic carbocycles. The van der Waals surface area contributed by atoms with E-state index in [-0.39, 0.29) is 5.91 Å². The zero-order valence-corrected chi connectivity index (χ0v) is 18.1. The number of ether oxygens (including phenoxy) is 2. The van der Waals surface area contributed by atoms with Crippen molar-refractivity contribution in [1.29, 1.82) is 0 Å². The zero-order chi connectivity index (χ0) is 21.9. The first-order valence-corrected chi connectivity index (χ1v) is 10.5. The number of methoxy groups -OCH3 is 2. The minimum absolute atomic E-state index is 0.319. The molecule has 2 fully saturated rings. The Morgan fingerprint density at radius 1 is 1.20 bits per heavy atom. The van der Waals surface area contributed by atoms with Crippen molar-refractivity contribution in [3.05, 3.63) is 23.8 Å². The van der Waals surface area contributed by atoms with Gasteiger partial charge in [0.2, 0.25) is 5.91 Å². The first kappa shape index (κ1) is 21.9. The van der Waals surface area contributed by atoms with Gasteiger partial charge >= 0.3 is 6.03 Å². The lowest BCUT2D eigenvalue weighted by atomic mass is 9.89. The van der Waals surface area contributed by atoms with Gasteiger partial charge in [0.1, 0.15) is 11.6 Å². The second-order valence-electron chi connectivity index (χ2n) is 8.23. The molecule has 3 rings (SSSR count). The standard InChI is InChI=1S/C22H31N3O5/c1-14(19(26)23-13-15-8-6-5-7-9-15)25-20(27)22(2,24-21(25)28)16-10-11-17(29-3)18(12-16)30-4/h10-12,14-15H,5-9,13H2,1-4H3,(H,23,26)(H,24,28)/t14-,22+/m0/s1. The van der Waals surface area contributed by atoms with Gasteiger partial charge in [-0.1, -0.05) is 25.3 Å². The van der Waals surface area contributed by atoms with Crippen molar-refractivity contribution in [1.82, 2.24) is 15.5 Å². The molecule has 2 atom stereocenters. The first-order valence-electron chi connectivity index (χ1n) is 10.5. The van der Waals surface area contributed by atoms with Crippen LogP contribution in [0.5, 0.6) is 11.5 Å². The molecule has 1 aliphatic heterocycles. The third-order valence-corrected chi connectivity index (χ3v) is 6.24. The molecule has 30 heavy (non-hydrogen) atoms. The minimum Gasteiger partial charge on any atom is -0.493 e. The predicted octanol–water partition coefficient (Wildman–Crippen LogP) is 2.56.